The largest absolute Gasteiger partial charge is 0.481 e. The van der Waals surface area contributed by atoms with Crippen molar-refractivity contribution in [2.24, 2.45) is 5.41 Å². The van der Waals surface area contributed by atoms with Gasteiger partial charge < -0.3 is 4.74 Å². The van der Waals surface area contributed by atoms with E-state index in [1.807, 2.05) is 52.0 Å². The Morgan fingerprint density at radius 3 is 2.24 bits per heavy atom. The highest BCUT2D eigenvalue weighted by Gasteiger charge is 2.30. The van der Waals surface area contributed by atoms with Crippen LogP contribution >= 0.6 is 11.6 Å². The van der Waals surface area contributed by atoms with Crippen molar-refractivity contribution in [2.75, 3.05) is 5.88 Å². The first kappa shape index (κ1) is 14.0. The van der Waals surface area contributed by atoms with Crippen LogP contribution in [0.4, 0.5) is 0 Å². The summed E-state index contributed by atoms with van der Waals surface area (Å²) >= 11 is 5.80. The number of aryl methyl sites for hydroxylation is 1. The van der Waals surface area contributed by atoms with Crippen molar-refractivity contribution in [3.8, 4) is 5.75 Å². The van der Waals surface area contributed by atoms with Crippen molar-refractivity contribution in [3.05, 3.63) is 29.8 Å². The van der Waals surface area contributed by atoms with Crippen LogP contribution in [0.1, 0.15) is 26.3 Å². The highest BCUT2D eigenvalue weighted by atomic mass is 35.5. The number of alkyl halides is 1. The number of ether oxygens (including phenoxy) is 1. The second-order valence-corrected chi connectivity index (χ2v) is 5.50. The average molecular weight is 255 g/mol. The smallest absolute Gasteiger partial charge is 0.179 e. The first-order chi connectivity index (χ1) is 7.84. The third-order valence-corrected chi connectivity index (χ3v) is 2.75. The maximum absolute atomic E-state index is 12.1. The van der Waals surface area contributed by atoms with Gasteiger partial charge in [-0.2, -0.15) is 0 Å². The van der Waals surface area contributed by atoms with Gasteiger partial charge in [-0.25, -0.2) is 0 Å². The standard InChI is InChI=1S/C14H19ClO2/c1-10-5-7-11(8-6-10)17-12(9-15)13(16)14(2,3)4/h5-8,12H,9H2,1-4H3. The molecule has 17 heavy (non-hydrogen) atoms. The van der Waals surface area contributed by atoms with Crippen molar-refractivity contribution in [1.82, 2.24) is 0 Å². The van der Waals surface area contributed by atoms with E-state index in [1.54, 1.807) is 0 Å². The van der Waals surface area contributed by atoms with Crippen LogP contribution in [-0.4, -0.2) is 17.8 Å². The van der Waals surface area contributed by atoms with E-state index in [0.29, 0.717) is 5.75 Å². The van der Waals surface area contributed by atoms with Gasteiger partial charge >= 0.3 is 0 Å². The summed E-state index contributed by atoms with van der Waals surface area (Å²) in [6, 6.07) is 7.60. The highest BCUT2D eigenvalue weighted by Crippen LogP contribution is 2.21. The minimum Gasteiger partial charge on any atom is -0.481 e. The molecule has 1 atom stereocenters. The summed E-state index contributed by atoms with van der Waals surface area (Å²) in [5, 5.41) is 0. The Bertz CT molecular complexity index is 376. The zero-order chi connectivity index (χ0) is 13.1. The Balaban J connectivity index is 2.77. The summed E-state index contributed by atoms with van der Waals surface area (Å²) in [4.78, 5) is 12.1. The fraction of sp³-hybridized carbons (Fsp3) is 0.500. The third-order valence-electron chi connectivity index (χ3n) is 2.47. The second kappa shape index (κ2) is 5.54. The van der Waals surface area contributed by atoms with Gasteiger partial charge in [0.25, 0.3) is 0 Å². The van der Waals surface area contributed by atoms with E-state index in [9.17, 15) is 4.79 Å². The fourth-order valence-corrected chi connectivity index (χ4v) is 1.62. The molecule has 0 radical (unpaired) electrons. The number of benzene rings is 1. The van der Waals surface area contributed by atoms with Gasteiger partial charge in [-0.1, -0.05) is 38.5 Å². The van der Waals surface area contributed by atoms with E-state index in [2.05, 4.69) is 0 Å². The molecule has 1 rings (SSSR count). The predicted octanol–water partition coefficient (Wildman–Crippen LogP) is 3.60. The van der Waals surface area contributed by atoms with E-state index >= 15 is 0 Å². The van der Waals surface area contributed by atoms with Gasteiger partial charge in [-0.05, 0) is 19.1 Å². The fourth-order valence-electron chi connectivity index (χ4n) is 1.42. The van der Waals surface area contributed by atoms with Gasteiger partial charge in [0.2, 0.25) is 0 Å². The number of carbonyl (C=O) groups is 1. The summed E-state index contributed by atoms with van der Waals surface area (Å²) in [7, 11) is 0. The molecule has 94 valence electrons. The van der Waals surface area contributed by atoms with Gasteiger partial charge in [0.15, 0.2) is 11.9 Å². The molecule has 0 heterocycles. The number of hydrogen-bond donors (Lipinski definition) is 0. The maximum Gasteiger partial charge on any atom is 0.179 e. The quantitative estimate of drug-likeness (QED) is 0.768. The van der Waals surface area contributed by atoms with Crippen LogP contribution < -0.4 is 4.74 Å². The molecule has 0 aliphatic rings. The highest BCUT2D eigenvalue weighted by molar-refractivity contribution is 6.20. The molecule has 0 bridgehead atoms. The van der Waals surface area contributed by atoms with Gasteiger partial charge in [-0.15, -0.1) is 11.6 Å². The Morgan fingerprint density at radius 1 is 1.29 bits per heavy atom. The molecule has 3 heteroatoms. The summed E-state index contributed by atoms with van der Waals surface area (Å²) in [6.07, 6.45) is -0.584. The molecule has 0 N–H and O–H groups in total. The molecular weight excluding hydrogens is 236 g/mol. The monoisotopic (exact) mass is 254 g/mol. The van der Waals surface area contributed by atoms with Gasteiger partial charge in [-0.3, -0.25) is 4.79 Å². The first-order valence-electron chi connectivity index (χ1n) is 5.68. The zero-order valence-corrected chi connectivity index (χ0v) is 11.5. The molecule has 0 amide bonds. The number of rotatable bonds is 4. The van der Waals surface area contributed by atoms with Crippen molar-refractivity contribution in [3.63, 3.8) is 0 Å². The van der Waals surface area contributed by atoms with Crippen molar-refractivity contribution >= 4 is 17.4 Å². The molecule has 1 aromatic rings. The Labute approximate surface area is 108 Å². The van der Waals surface area contributed by atoms with Gasteiger partial charge in [0, 0.05) is 5.41 Å². The molecular formula is C14H19ClO2. The molecule has 0 spiro atoms. The lowest BCUT2D eigenvalue weighted by atomic mass is 9.88. The molecule has 0 aromatic heterocycles. The molecule has 0 fully saturated rings. The minimum absolute atomic E-state index is 0.0214. The number of ketones is 1. The Morgan fingerprint density at radius 2 is 1.82 bits per heavy atom. The third kappa shape index (κ3) is 4.04. The normalized spacial score (nSPS) is 13.2. The predicted molar refractivity (Wildman–Crippen MR) is 70.8 cm³/mol. The molecule has 0 saturated heterocycles. The Hall–Kier alpha value is -1.02. The van der Waals surface area contributed by atoms with Crippen molar-refractivity contribution in [1.29, 1.82) is 0 Å². The maximum atomic E-state index is 12.1. The van der Waals surface area contributed by atoms with Crippen LogP contribution in [0.2, 0.25) is 0 Å². The van der Waals surface area contributed by atoms with Gasteiger partial charge in [0.05, 0.1) is 5.88 Å². The SMILES string of the molecule is Cc1ccc(OC(CCl)C(=O)C(C)(C)C)cc1. The minimum atomic E-state index is -0.584. The number of halogens is 1. The summed E-state index contributed by atoms with van der Waals surface area (Å²) in [6.45, 7) is 7.61. The molecule has 1 unspecified atom stereocenters. The second-order valence-electron chi connectivity index (χ2n) is 5.19. The van der Waals surface area contributed by atoms with Crippen LogP contribution in [0.15, 0.2) is 24.3 Å². The van der Waals surface area contributed by atoms with E-state index in [-0.39, 0.29) is 11.7 Å². The summed E-state index contributed by atoms with van der Waals surface area (Å²) in [5.41, 5.74) is 0.714. The number of Topliss-reactive ketones (excluding diaryl/α,β-unsaturated/α-hetero) is 1. The Kier molecular flexibility index (Phi) is 4.58. The van der Waals surface area contributed by atoms with Crippen LogP contribution in [0.5, 0.6) is 5.75 Å². The van der Waals surface area contributed by atoms with Gasteiger partial charge in [0.1, 0.15) is 5.75 Å². The van der Waals surface area contributed by atoms with Crippen LogP contribution in [0.3, 0.4) is 0 Å². The molecule has 1 aromatic carbocycles. The molecule has 0 aliphatic heterocycles. The molecule has 0 aliphatic carbocycles. The van der Waals surface area contributed by atoms with E-state index in [4.69, 9.17) is 16.3 Å². The average Bonchev–Trinajstić information content (AvgIpc) is 2.26. The number of carbonyl (C=O) groups excluding carboxylic acids is 1. The molecule has 0 saturated carbocycles. The van der Waals surface area contributed by atoms with E-state index in [0.717, 1.165) is 5.56 Å². The van der Waals surface area contributed by atoms with Crippen molar-refractivity contribution < 1.29 is 9.53 Å². The van der Waals surface area contributed by atoms with Crippen molar-refractivity contribution in [2.45, 2.75) is 33.8 Å². The number of hydrogen-bond acceptors (Lipinski definition) is 2. The van der Waals surface area contributed by atoms with E-state index in [1.165, 1.54) is 0 Å². The zero-order valence-electron chi connectivity index (χ0n) is 10.8. The first-order valence-corrected chi connectivity index (χ1v) is 6.21. The lowest BCUT2D eigenvalue weighted by molar-refractivity contribution is -0.132. The van der Waals surface area contributed by atoms with Crippen LogP contribution in [0.25, 0.3) is 0 Å². The molecule has 2 nitrogen and oxygen atoms in total. The lowest BCUT2D eigenvalue weighted by Crippen LogP contribution is -2.37. The van der Waals surface area contributed by atoms with E-state index < -0.39 is 11.5 Å². The van der Waals surface area contributed by atoms with Crippen LogP contribution in [-0.2, 0) is 4.79 Å². The van der Waals surface area contributed by atoms with Crippen LogP contribution in [0, 0.1) is 12.3 Å². The topological polar surface area (TPSA) is 26.3 Å². The lowest BCUT2D eigenvalue weighted by Gasteiger charge is -2.23. The summed E-state index contributed by atoms with van der Waals surface area (Å²) in [5.74, 6) is 0.871. The summed E-state index contributed by atoms with van der Waals surface area (Å²) < 4.78 is 5.63.